The average molecular weight is 263 g/mol. The van der Waals surface area contributed by atoms with Crippen LogP contribution in [0.3, 0.4) is 0 Å². The molecule has 0 saturated heterocycles. The molecule has 0 radical (unpaired) electrons. The zero-order valence-corrected chi connectivity index (χ0v) is 11.0. The number of methoxy groups -OCH3 is 1. The van der Waals surface area contributed by atoms with Gasteiger partial charge in [-0.2, -0.15) is 5.26 Å². The Morgan fingerprint density at radius 1 is 1.58 bits per heavy atom. The van der Waals surface area contributed by atoms with Gasteiger partial charge in [0, 0.05) is 31.5 Å². The molecule has 102 valence electrons. The van der Waals surface area contributed by atoms with Gasteiger partial charge in [0.05, 0.1) is 4.92 Å². The number of nitrogens with one attached hydrogen (secondary N) is 1. The van der Waals surface area contributed by atoms with Gasteiger partial charge < -0.3 is 10.1 Å². The van der Waals surface area contributed by atoms with Gasteiger partial charge >= 0.3 is 0 Å². The highest BCUT2D eigenvalue weighted by Crippen LogP contribution is 2.23. The molecule has 0 aliphatic heterocycles. The molecule has 1 aromatic carbocycles. The summed E-state index contributed by atoms with van der Waals surface area (Å²) in [5.41, 5.74) is 0.545. The molecule has 1 N–H and O–H groups in total. The van der Waals surface area contributed by atoms with Crippen LogP contribution in [0.1, 0.15) is 25.3 Å². The Balaban J connectivity index is 2.87. The summed E-state index contributed by atoms with van der Waals surface area (Å²) in [5, 5.41) is 22.9. The lowest BCUT2D eigenvalue weighted by atomic mass is 10.1. The summed E-state index contributed by atoms with van der Waals surface area (Å²) < 4.78 is 5.02. The standard InChI is InChI=1S/C13H17N3O3/c1-3-11(6-7-19-2)15-12-5-4-10(9-14)13(8-12)16(17)18/h4-5,8,11,15H,3,6-7H2,1-2H3. The number of nitrogens with zero attached hydrogens (tertiary/aromatic N) is 2. The maximum Gasteiger partial charge on any atom is 0.289 e. The van der Waals surface area contributed by atoms with E-state index >= 15 is 0 Å². The minimum absolute atomic E-state index is 0.0699. The van der Waals surface area contributed by atoms with Crippen molar-refractivity contribution in [3.63, 3.8) is 0 Å². The topological polar surface area (TPSA) is 88.2 Å². The fourth-order valence-corrected chi connectivity index (χ4v) is 1.74. The Kier molecular flexibility index (Phi) is 5.76. The SMILES string of the molecule is CCC(CCOC)Nc1ccc(C#N)c([N+](=O)[O-])c1. The number of hydrogen-bond donors (Lipinski definition) is 1. The van der Waals surface area contributed by atoms with Crippen molar-refractivity contribution in [2.45, 2.75) is 25.8 Å². The van der Waals surface area contributed by atoms with Crippen LogP contribution >= 0.6 is 0 Å². The third-order valence-corrected chi connectivity index (χ3v) is 2.85. The third kappa shape index (κ3) is 4.23. The van der Waals surface area contributed by atoms with Gasteiger partial charge in [0.15, 0.2) is 0 Å². The van der Waals surface area contributed by atoms with E-state index in [1.165, 1.54) is 12.1 Å². The molecule has 1 rings (SSSR count). The smallest absolute Gasteiger partial charge is 0.289 e. The molecule has 6 heteroatoms. The molecule has 0 spiro atoms. The highest BCUT2D eigenvalue weighted by molar-refractivity contribution is 5.59. The second-order valence-corrected chi connectivity index (χ2v) is 4.13. The lowest BCUT2D eigenvalue weighted by Gasteiger charge is -2.17. The van der Waals surface area contributed by atoms with Gasteiger partial charge in [0.2, 0.25) is 0 Å². The van der Waals surface area contributed by atoms with Crippen LogP contribution in [0.15, 0.2) is 18.2 Å². The summed E-state index contributed by atoms with van der Waals surface area (Å²) in [6, 6.07) is 6.54. The molecule has 0 amide bonds. The van der Waals surface area contributed by atoms with Crippen LogP contribution in [0, 0.1) is 21.4 Å². The lowest BCUT2D eigenvalue weighted by Crippen LogP contribution is -2.20. The number of nitro benzene ring substituents is 1. The van der Waals surface area contributed by atoms with Gasteiger partial charge in [-0.05, 0) is 25.0 Å². The van der Waals surface area contributed by atoms with Crippen LogP contribution in [0.25, 0.3) is 0 Å². The first-order valence-electron chi connectivity index (χ1n) is 6.06. The Bertz CT molecular complexity index is 483. The van der Waals surface area contributed by atoms with Gasteiger partial charge in [-0.1, -0.05) is 6.92 Å². The minimum Gasteiger partial charge on any atom is -0.385 e. The van der Waals surface area contributed by atoms with Gasteiger partial charge in [-0.15, -0.1) is 0 Å². The van der Waals surface area contributed by atoms with E-state index in [0.29, 0.717) is 12.3 Å². The first-order chi connectivity index (χ1) is 9.12. The number of hydrogen-bond acceptors (Lipinski definition) is 5. The average Bonchev–Trinajstić information content (AvgIpc) is 2.43. The van der Waals surface area contributed by atoms with E-state index in [4.69, 9.17) is 10.00 Å². The second kappa shape index (κ2) is 7.34. The van der Waals surface area contributed by atoms with E-state index in [-0.39, 0.29) is 17.3 Å². The largest absolute Gasteiger partial charge is 0.385 e. The van der Waals surface area contributed by atoms with Gasteiger partial charge in [-0.25, -0.2) is 0 Å². The van der Waals surface area contributed by atoms with Crippen molar-refractivity contribution in [3.8, 4) is 6.07 Å². The van der Waals surface area contributed by atoms with Crippen molar-refractivity contribution in [1.82, 2.24) is 0 Å². The van der Waals surface area contributed by atoms with Gasteiger partial charge in [0.25, 0.3) is 5.69 Å². The van der Waals surface area contributed by atoms with Crippen molar-refractivity contribution in [3.05, 3.63) is 33.9 Å². The fraction of sp³-hybridized carbons (Fsp3) is 0.462. The van der Waals surface area contributed by atoms with E-state index in [9.17, 15) is 10.1 Å². The lowest BCUT2D eigenvalue weighted by molar-refractivity contribution is -0.385. The molecule has 0 heterocycles. The van der Waals surface area contributed by atoms with E-state index in [0.717, 1.165) is 12.8 Å². The third-order valence-electron chi connectivity index (χ3n) is 2.85. The number of nitriles is 1. The first-order valence-corrected chi connectivity index (χ1v) is 6.06. The summed E-state index contributed by atoms with van der Waals surface area (Å²) in [6.07, 6.45) is 1.71. The molecule has 0 aromatic heterocycles. The number of rotatable bonds is 7. The maximum absolute atomic E-state index is 10.9. The molecule has 6 nitrogen and oxygen atoms in total. The van der Waals surface area contributed by atoms with Gasteiger partial charge in [0.1, 0.15) is 11.6 Å². The highest BCUT2D eigenvalue weighted by atomic mass is 16.6. The van der Waals surface area contributed by atoms with Crippen molar-refractivity contribution >= 4 is 11.4 Å². The summed E-state index contributed by atoms with van der Waals surface area (Å²) in [6.45, 7) is 2.66. The van der Waals surface area contributed by atoms with Crippen molar-refractivity contribution in [1.29, 1.82) is 5.26 Å². The van der Waals surface area contributed by atoms with Crippen LogP contribution in [0.5, 0.6) is 0 Å². The molecule has 19 heavy (non-hydrogen) atoms. The van der Waals surface area contributed by atoms with E-state index in [2.05, 4.69) is 5.32 Å². The quantitative estimate of drug-likeness (QED) is 0.603. The molecule has 1 unspecified atom stereocenters. The van der Waals surface area contributed by atoms with Gasteiger partial charge in [-0.3, -0.25) is 10.1 Å². The summed E-state index contributed by atoms with van der Waals surface area (Å²) in [7, 11) is 1.64. The molecule has 1 atom stereocenters. The molecular weight excluding hydrogens is 246 g/mol. The molecule has 0 saturated carbocycles. The molecular formula is C13H17N3O3. The normalized spacial score (nSPS) is 11.6. The first kappa shape index (κ1) is 14.9. The summed E-state index contributed by atoms with van der Waals surface area (Å²) in [5.74, 6) is 0. The Morgan fingerprint density at radius 3 is 2.84 bits per heavy atom. The maximum atomic E-state index is 10.9. The van der Waals surface area contributed by atoms with Crippen molar-refractivity contribution in [2.75, 3.05) is 19.0 Å². The van der Waals surface area contributed by atoms with Crippen molar-refractivity contribution in [2.24, 2.45) is 0 Å². The molecule has 0 bridgehead atoms. The zero-order valence-electron chi connectivity index (χ0n) is 11.0. The number of ether oxygens (including phenoxy) is 1. The van der Waals surface area contributed by atoms with Crippen LogP contribution in [-0.4, -0.2) is 24.7 Å². The minimum atomic E-state index is -0.542. The van der Waals surface area contributed by atoms with Crippen LogP contribution in [0.2, 0.25) is 0 Å². The van der Waals surface area contributed by atoms with Crippen LogP contribution in [-0.2, 0) is 4.74 Å². The predicted octanol–water partition coefficient (Wildman–Crippen LogP) is 2.69. The summed E-state index contributed by atoms with van der Waals surface area (Å²) >= 11 is 0. The Labute approximate surface area is 112 Å². The zero-order chi connectivity index (χ0) is 14.3. The Morgan fingerprint density at radius 2 is 2.32 bits per heavy atom. The number of nitro groups is 1. The van der Waals surface area contributed by atoms with Crippen molar-refractivity contribution < 1.29 is 9.66 Å². The molecule has 0 aliphatic carbocycles. The molecule has 1 aromatic rings. The van der Waals surface area contributed by atoms with E-state index in [1.54, 1.807) is 13.2 Å². The number of anilines is 1. The van der Waals surface area contributed by atoms with Crippen LogP contribution in [0.4, 0.5) is 11.4 Å². The highest BCUT2D eigenvalue weighted by Gasteiger charge is 2.15. The summed E-state index contributed by atoms with van der Waals surface area (Å²) in [4.78, 5) is 10.3. The predicted molar refractivity (Wildman–Crippen MR) is 72.0 cm³/mol. The molecule has 0 aliphatic rings. The van der Waals surface area contributed by atoms with Crippen LogP contribution < -0.4 is 5.32 Å². The fourth-order valence-electron chi connectivity index (χ4n) is 1.74. The van der Waals surface area contributed by atoms with E-state index < -0.39 is 4.92 Å². The molecule has 0 fully saturated rings. The second-order valence-electron chi connectivity index (χ2n) is 4.13. The monoisotopic (exact) mass is 263 g/mol. The Hall–Kier alpha value is -2.13. The van der Waals surface area contributed by atoms with E-state index in [1.807, 2.05) is 13.0 Å². The number of benzene rings is 1.